The largest absolute Gasteiger partial charge is 0.393 e. The van der Waals surface area contributed by atoms with Crippen LogP contribution in [-0.2, 0) is 6.54 Å². The van der Waals surface area contributed by atoms with Crippen molar-refractivity contribution < 1.29 is 5.11 Å². The van der Waals surface area contributed by atoms with Gasteiger partial charge in [-0.2, -0.15) is 0 Å². The first kappa shape index (κ1) is 13.7. The highest BCUT2D eigenvalue weighted by Crippen LogP contribution is 2.19. The molecular weight excluding hydrogens is 266 g/mol. The topological polar surface area (TPSA) is 23.5 Å². The van der Waals surface area contributed by atoms with Gasteiger partial charge >= 0.3 is 0 Å². The molecule has 0 bridgehead atoms. The van der Waals surface area contributed by atoms with Gasteiger partial charge in [0.05, 0.1) is 6.10 Å². The molecule has 1 aromatic carbocycles. The van der Waals surface area contributed by atoms with E-state index in [0.717, 1.165) is 24.0 Å². The second-order valence-corrected chi connectivity index (χ2v) is 5.32. The molecule has 90 valence electrons. The smallest absolute Gasteiger partial charge is 0.0524 e. The first-order valence-electron chi connectivity index (χ1n) is 5.60. The van der Waals surface area contributed by atoms with Gasteiger partial charge in [0.2, 0.25) is 0 Å². The molecule has 0 aliphatic carbocycles. The Morgan fingerprint density at radius 1 is 1.44 bits per heavy atom. The highest BCUT2D eigenvalue weighted by Gasteiger charge is 2.05. The molecule has 16 heavy (non-hydrogen) atoms. The summed E-state index contributed by atoms with van der Waals surface area (Å²) >= 11 is 3.58. The lowest BCUT2D eigenvalue weighted by Crippen LogP contribution is -2.22. The van der Waals surface area contributed by atoms with Crippen LogP contribution in [0.25, 0.3) is 0 Å². The monoisotopic (exact) mass is 285 g/mol. The van der Waals surface area contributed by atoms with E-state index in [1.165, 1.54) is 11.1 Å². The van der Waals surface area contributed by atoms with Crippen LogP contribution in [0.5, 0.6) is 0 Å². The van der Waals surface area contributed by atoms with Gasteiger partial charge in [0, 0.05) is 17.6 Å². The molecule has 3 heteroatoms. The molecular formula is C13H20BrNO. The second kappa shape index (κ2) is 6.38. The summed E-state index contributed by atoms with van der Waals surface area (Å²) in [6, 6.07) is 6.42. The van der Waals surface area contributed by atoms with Crippen molar-refractivity contribution in [3.05, 3.63) is 33.8 Å². The third kappa shape index (κ3) is 4.64. The molecule has 0 aliphatic heterocycles. The molecule has 0 saturated heterocycles. The maximum atomic E-state index is 9.22. The average Bonchev–Trinajstić information content (AvgIpc) is 2.19. The fourth-order valence-electron chi connectivity index (χ4n) is 1.56. The Kier molecular flexibility index (Phi) is 5.46. The molecule has 0 aliphatic rings. The molecule has 1 aromatic rings. The lowest BCUT2D eigenvalue weighted by Gasteiger charge is -2.18. The number of aliphatic hydroxyl groups is 1. The number of hydrogen-bond donors (Lipinski definition) is 1. The zero-order chi connectivity index (χ0) is 12.1. The van der Waals surface area contributed by atoms with Crippen molar-refractivity contribution in [2.45, 2.75) is 32.9 Å². The van der Waals surface area contributed by atoms with E-state index < -0.39 is 0 Å². The number of aliphatic hydroxyl groups excluding tert-OH is 1. The van der Waals surface area contributed by atoms with E-state index in [1.807, 2.05) is 6.92 Å². The van der Waals surface area contributed by atoms with E-state index in [0.29, 0.717) is 0 Å². The van der Waals surface area contributed by atoms with Crippen LogP contribution in [0.3, 0.4) is 0 Å². The third-order valence-corrected chi connectivity index (χ3v) is 3.32. The number of aryl methyl sites for hydroxylation is 1. The highest BCUT2D eigenvalue weighted by atomic mass is 79.9. The van der Waals surface area contributed by atoms with E-state index in [2.05, 4.69) is 53.0 Å². The fraction of sp³-hybridized carbons (Fsp3) is 0.538. The van der Waals surface area contributed by atoms with Gasteiger partial charge < -0.3 is 10.0 Å². The van der Waals surface area contributed by atoms with Crippen LogP contribution >= 0.6 is 15.9 Å². The quantitative estimate of drug-likeness (QED) is 0.899. The lowest BCUT2D eigenvalue weighted by molar-refractivity contribution is 0.163. The van der Waals surface area contributed by atoms with Gasteiger partial charge in [-0.05, 0) is 44.5 Å². The number of rotatable bonds is 5. The van der Waals surface area contributed by atoms with Gasteiger partial charge in [0.15, 0.2) is 0 Å². The van der Waals surface area contributed by atoms with E-state index in [4.69, 9.17) is 0 Å². The van der Waals surface area contributed by atoms with Crippen LogP contribution in [0.15, 0.2) is 22.7 Å². The Balaban J connectivity index is 2.52. The van der Waals surface area contributed by atoms with Crippen molar-refractivity contribution in [3.63, 3.8) is 0 Å². The van der Waals surface area contributed by atoms with Crippen molar-refractivity contribution >= 4 is 15.9 Å². The zero-order valence-electron chi connectivity index (χ0n) is 10.2. The first-order valence-corrected chi connectivity index (χ1v) is 6.40. The SMILES string of the molecule is Cc1ccc(CN(C)CCC(C)O)c(Br)c1. The number of halogens is 1. The predicted molar refractivity (Wildman–Crippen MR) is 71.5 cm³/mol. The molecule has 0 spiro atoms. The Morgan fingerprint density at radius 2 is 2.12 bits per heavy atom. The van der Waals surface area contributed by atoms with Crippen molar-refractivity contribution in [1.82, 2.24) is 4.90 Å². The number of nitrogens with zero attached hydrogens (tertiary/aromatic N) is 1. The minimum absolute atomic E-state index is 0.219. The van der Waals surface area contributed by atoms with Gasteiger partial charge in [0.25, 0.3) is 0 Å². The van der Waals surface area contributed by atoms with E-state index in [-0.39, 0.29) is 6.10 Å². The van der Waals surface area contributed by atoms with Crippen LogP contribution in [-0.4, -0.2) is 29.7 Å². The van der Waals surface area contributed by atoms with Gasteiger partial charge in [-0.1, -0.05) is 28.1 Å². The molecule has 0 saturated carbocycles. The summed E-state index contributed by atoms with van der Waals surface area (Å²) in [5.41, 5.74) is 2.56. The Morgan fingerprint density at radius 3 is 2.69 bits per heavy atom. The van der Waals surface area contributed by atoms with Crippen molar-refractivity contribution in [2.24, 2.45) is 0 Å². The Hall–Kier alpha value is -0.380. The summed E-state index contributed by atoms with van der Waals surface area (Å²) in [6.45, 7) is 5.74. The normalized spacial score (nSPS) is 13.1. The van der Waals surface area contributed by atoms with E-state index in [9.17, 15) is 5.11 Å². The van der Waals surface area contributed by atoms with Gasteiger partial charge in [-0.3, -0.25) is 0 Å². The minimum atomic E-state index is -0.219. The van der Waals surface area contributed by atoms with Crippen LogP contribution in [0.2, 0.25) is 0 Å². The van der Waals surface area contributed by atoms with Crippen LogP contribution in [0, 0.1) is 6.92 Å². The molecule has 0 radical (unpaired) electrons. The highest BCUT2D eigenvalue weighted by molar-refractivity contribution is 9.10. The van der Waals surface area contributed by atoms with Crippen LogP contribution in [0.1, 0.15) is 24.5 Å². The summed E-state index contributed by atoms with van der Waals surface area (Å²) in [7, 11) is 2.08. The average molecular weight is 286 g/mol. The van der Waals surface area contributed by atoms with Gasteiger partial charge in [-0.15, -0.1) is 0 Å². The van der Waals surface area contributed by atoms with Crippen molar-refractivity contribution in [3.8, 4) is 0 Å². The van der Waals surface area contributed by atoms with Crippen LogP contribution < -0.4 is 0 Å². The summed E-state index contributed by atoms with van der Waals surface area (Å²) in [5.74, 6) is 0. The summed E-state index contributed by atoms with van der Waals surface area (Å²) in [5, 5.41) is 9.22. The molecule has 1 N–H and O–H groups in total. The zero-order valence-corrected chi connectivity index (χ0v) is 11.8. The lowest BCUT2D eigenvalue weighted by atomic mass is 10.1. The molecule has 0 aromatic heterocycles. The molecule has 0 fully saturated rings. The standard InChI is InChI=1S/C13H20BrNO/c1-10-4-5-12(13(14)8-10)9-15(3)7-6-11(2)16/h4-5,8,11,16H,6-7,9H2,1-3H3. The van der Waals surface area contributed by atoms with Crippen LogP contribution in [0.4, 0.5) is 0 Å². The maximum absolute atomic E-state index is 9.22. The first-order chi connectivity index (χ1) is 7.49. The maximum Gasteiger partial charge on any atom is 0.0524 e. The van der Waals surface area contributed by atoms with Crippen molar-refractivity contribution in [2.75, 3.05) is 13.6 Å². The second-order valence-electron chi connectivity index (χ2n) is 4.47. The molecule has 1 unspecified atom stereocenters. The minimum Gasteiger partial charge on any atom is -0.393 e. The fourth-order valence-corrected chi connectivity index (χ4v) is 2.18. The summed E-state index contributed by atoms with van der Waals surface area (Å²) < 4.78 is 1.16. The molecule has 1 atom stereocenters. The van der Waals surface area contributed by atoms with E-state index in [1.54, 1.807) is 0 Å². The number of hydrogen-bond acceptors (Lipinski definition) is 2. The molecule has 0 amide bonds. The van der Waals surface area contributed by atoms with Gasteiger partial charge in [-0.25, -0.2) is 0 Å². The Bertz CT molecular complexity index is 339. The van der Waals surface area contributed by atoms with Crippen molar-refractivity contribution in [1.29, 1.82) is 0 Å². The summed E-state index contributed by atoms with van der Waals surface area (Å²) in [6.07, 6.45) is 0.601. The number of benzene rings is 1. The predicted octanol–water partition coefficient (Wildman–Crippen LogP) is 2.96. The van der Waals surface area contributed by atoms with Gasteiger partial charge in [0.1, 0.15) is 0 Å². The Labute approximate surface area is 106 Å². The summed E-state index contributed by atoms with van der Waals surface area (Å²) in [4.78, 5) is 2.22. The molecule has 2 nitrogen and oxygen atoms in total. The molecule has 1 rings (SSSR count). The molecule has 0 heterocycles. The third-order valence-electron chi connectivity index (χ3n) is 2.58. The van der Waals surface area contributed by atoms with E-state index >= 15 is 0 Å².